The van der Waals surface area contributed by atoms with E-state index in [0.717, 1.165) is 11.8 Å². The number of anilines is 1. The van der Waals surface area contributed by atoms with Crippen molar-refractivity contribution in [3.05, 3.63) is 46.4 Å². The summed E-state index contributed by atoms with van der Waals surface area (Å²) in [6.07, 6.45) is 0. The molecule has 0 aliphatic heterocycles. The molecule has 0 aliphatic rings. The predicted molar refractivity (Wildman–Crippen MR) is 98.5 cm³/mol. The zero-order valence-corrected chi connectivity index (χ0v) is 15.3. The maximum absolute atomic E-state index is 12.7. The van der Waals surface area contributed by atoms with E-state index in [1.54, 1.807) is 37.7 Å². The van der Waals surface area contributed by atoms with Gasteiger partial charge in [-0.2, -0.15) is 0 Å². The van der Waals surface area contributed by atoms with Gasteiger partial charge in [0.15, 0.2) is 0 Å². The number of nitrogens with one attached hydrogen (secondary N) is 1. The quantitative estimate of drug-likeness (QED) is 0.819. The third kappa shape index (κ3) is 3.96. The maximum atomic E-state index is 12.7. The second-order valence-corrected chi connectivity index (χ2v) is 7.37. The molecule has 0 aliphatic carbocycles. The lowest BCUT2D eigenvalue weighted by Crippen LogP contribution is -2.29. The first kappa shape index (κ1) is 18.9. The van der Waals surface area contributed by atoms with Crippen molar-refractivity contribution < 1.29 is 14.7 Å². The van der Waals surface area contributed by atoms with Gasteiger partial charge in [0.2, 0.25) is 5.91 Å². The van der Waals surface area contributed by atoms with E-state index in [0.29, 0.717) is 11.4 Å². The van der Waals surface area contributed by atoms with Gasteiger partial charge in [0.05, 0.1) is 16.6 Å². The van der Waals surface area contributed by atoms with Crippen LogP contribution >= 0.6 is 11.8 Å². The largest absolute Gasteiger partial charge is 0.480 e. The molecular formula is C17H21N3O4S. The minimum absolute atomic E-state index is 0.201. The van der Waals surface area contributed by atoms with Crippen molar-refractivity contribution in [2.24, 2.45) is 7.05 Å². The van der Waals surface area contributed by atoms with Crippen LogP contribution in [-0.2, 0) is 16.6 Å². The number of para-hydroxylation sites is 1. The second-order valence-electron chi connectivity index (χ2n) is 5.68. The number of carboxylic acids is 1. The highest BCUT2D eigenvalue weighted by atomic mass is 32.2. The number of aromatic nitrogens is 2. The van der Waals surface area contributed by atoms with E-state index in [1.807, 2.05) is 18.2 Å². The topological polar surface area (TPSA) is 93.3 Å². The molecule has 2 rings (SSSR count). The van der Waals surface area contributed by atoms with E-state index in [-0.39, 0.29) is 11.2 Å². The average molecular weight is 363 g/mol. The van der Waals surface area contributed by atoms with Crippen LogP contribution in [0, 0.1) is 6.92 Å². The smallest absolute Gasteiger partial charge is 0.316 e. The molecule has 0 saturated heterocycles. The van der Waals surface area contributed by atoms with Crippen LogP contribution < -0.4 is 10.9 Å². The Balaban J connectivity index is 2.28. The molecule has 2 N–H and O–H groups in total. The summed E-state index contributed by atoms with van der Waals surface area (Å²) in [4.78, 5) is 36.0. The van der Waals surface area contributed by atoms with Crippen LogP contribution in [0.15, 0.2) is 35.1 Å². The maximum Gasteiger partial charge on any atom is 0.316 e. The number of aliphatic carboxylic acids is 1. The lowest BCUT2D eigenvalue weighted by Gasteiger charge is -2.13. The Morgan fingerprint density at radius 3 is 2.32 bits per heavy atom. The van der Waals surface area contributed by atoms with E-state index >= 15 is 0 Å². The Labute approximate surface area is 149 Å². The van der Waals surface area contributed by atoms with E-state index in [1.165, 1.54) is 11.6 Å². The normalized spacial score (nSPS) is 13.3. The van der Waals surface area contributed by atoms with Crippen molar-refractivity contribution in [3.63, 3.8) is 0 Å². The third-order valence-electron chi connectivity index (χ3n) is 3.93. The number of hydrogen-bond acceptors (Lipinski definition) is 4. The number of amides is 1. The number of thioether (sulfide) groups is 1. The van der Waals surface area contributed by atoms with Crippen molar-refractivity contribution in [1.29, 1.82) is 0 Å². The van der Waals surface area contributed by atoms with E-state index in [9.17, 15) is 14.4 Å². The minimum Gasteiger partial charge on any atom is -0.480 e. The Morgan fingerprint density at radius 2 is 1.76 bits per heavy atom. The van der Waals surface area contributed by atoms with Gasteiger partial charge in [0.25, 0.3) is 5.56 Å². The Hall–Kier alpha value is -2.48. The van der Waals surface area contributed by atoms with Crippen molar-refractivity contribution in [2.75, 3.05) is 5.32 Å². The summed E-state index contributed by atoms with van der Waals surface area (Å²) in [6, 6.07) is 9.12. The number of carbonyl (C=O) groups excluding carboxylic acids is 1. The summed E-state index contributed by atoms with van der Waals surface area (Å²) in [5.41, 5.74) is 1.18. The zero-order chi connectivity index (χ0) is 18.7. The first-order valence-electron chi connectivity index (χ1n) is 7.77. The fourth-order valence-electron chi connectivity index (χ4n) is 2.36. The monoisotopic (exact) mass is 363 g/mol. The molecule has 7 nitrogen and oxygen atoms in total. The van der Waals surface area contributed by atoms with Crippen LogP contribution in [0.3, 0.4) is 0 Å². The van der Waals surface area contributed by atoms with Gasteiger partial charge in [-0.1, -0.05) is 18.2 Å². The van der Waals surface area contributed by atoms with Gasteiger partial charge in [-0.05, 0) is 32.9 Å². The van der Waals surface area contributed by atoms with E-state index in [4.69, 9.17) is 5.11 Å². The Bertz CT molecular complexity index is 842. The SMILES string of the molecule is Cc1c(NC(=O)[C@H](C)S[C@@H](C)C(=O)O)c(=O)n(-c2ccccc2)n1C. The Kier molecular flexibility index (Phi) is 5.73. The Morgan fingerprint density at radius 1 is 1.16 bits per heavy atom. The fraction of sp³-hybridized carbons (Fsp3) is 0.353. The van der Waals surface area contributed by atoms with E-state index in [2.05, 4.69) is 5.32 Å². The van der Waals surface area contributed by atoms with Crippen LogP contribution in [0.2, 0.25) is 0 Å². The number of hydrogen-bond donors (Lipinski definition) is 2. The van der Waals surface area contributed by atoms with Gasteiger partial charge >= 0.3 is 5.97 Å². The molecule has 2 aromatic rings. The number of benzene rings is 1. The molecule has 0 unspecified atom stereocenters. The highest BCUT2D eigenvalue weighted by Crippen LogP contribution is 2.20. The number of carbonyl (C=O) groups is 2. The summed E-state index contributed by atoms with van der Waals surface area (Å²) in [7, 11) is 1.74. The highest BCUT2D eigenvalue weighted by Gasteiger charge is 2.24. The highest BCUT2D eigenvalue weighted by molar-refractivity contribution is 8.01. The van der Waals surface area contributed by atoms with Gasteiger partial charge in [0, 0.05) is 7.05 Å². The molecule has 1 aromatic heterocycles. The zero-order valence-electron chi connectivity index (χ0n) is 14.5. The van der Waals surface area contributed by atoms with Gasteiger partial charge < -0.3 is 10.4 Å². The van der Waals surface area contributed by atoms with Crippen molar-refractivity contribution >= 4 is 29.3 Å². The molecular weight excluding hydrogens is 342 g/mol. The average Bonchev–Trinajstić information content (AvgIpc) is 2.78. The molecule has 1 amide bonds. The molecule has 8 heteroatoms. The molecule has 134 valence electrons. The summed E-state index contributed by atoms with van der Waals surface area (Å²) >= 11 is 1.03. The number of nitrogens with zero attached hydrogens (tertiary/aromatic N) is 2. The number of carboxylic acid groups (broad SMARTS) is 1. The summed E-state index contributed by atoms with van der Waals surface area (Å²) in [5.74, 6) is -1.38. The van der Waals surface area contributed by atoms with Crippen LogP contribution in [0.1, 0.15) is 19.5 Å². The molecule has 0 fully saturated rings. The summed E-state index contributed by atoms with van der Waals surface area (Å²) in [5, 5.41) is 10.3. The molecule has 0 radical (unpaired) electrons. The van der Waals surface area contributed by atoms with Gasteiger partial charge in [-0.3, -0.25) is 19.1 Å². The molecule has 0 bridgehead atoms. The molecule has 0 spiro atoms. The van der Waals surface area contributed by atoms with Gasteiger partial charge in [-0.15, -0.1) is 11.8 Å². The standard InChI is InChI=1S/C17H21N3O4S/c1-10-14(18-15(21)11(2)25-12(3)17(23)24)16(22)20(19(10)4)13-8-6-5-7-9-13/h5-9,11-12H,1-4H3,(H,18,21)(H,23,24)/t11-,12-/m0/s1. The lowest BCUT2D eigenvalue weighted by atomic mass is 10.3. The van der Waals surface area contributed by atoms with Gasteiger partial charge in [-0.25, -0.2) is 4.68 Å². The lowest BCUT2D eigenvalue weighted by molar-refractivity contribution is -0.136. The minimum atomic E-state index is -0.980. The molecule has 1 aromatic carbocycles. The summed E-state index contributed by atoms with van der Waals surface area (Å²) in [6.45, 7) is 4.88. The van der Waals surface area contributed by atoms with Crippen LogP contribution in [-0.4, -0.2) is 36.8 Å². The van der Waals surface area contributed by atoms with Gasteiger partial charge in [0.1, 0.15) is 10.9 Å². The van der Waals surface area contributed by atoms with Crippen molar-refractivity contribution in [3.8, 4) is 5.69 Å². The van der Waals surface area contributed by atoms with Crippen molar-refractivity contribution in [2.45, 2.75) is 31.3 Å². The number of rotatable bonds is 6. The van der Waals surface area contributed by atoms with Crippen LogP contribution in [0.5, 0.6) is 0 Å². The van der Waals surface area contributed by atoms with Crippen LogP contribution in [0.25, 0.3) is 5.69 Å². The third-order valence-corrected chi connectivity index (χ3v) is 5.16. The molecule has 0 saturated carbocycles. The summed E-state index contributed by atoms with van der Waals surface area (Å²) < 4.78 is 3.15. The second kappa shape index (κ2) is 7.60. The molecule has 25 heavy (non-hydrogen) atoms. The predicted octanol–water partition coefficient (Wildman–Crippen LogP) is 2.02. The van der Waals surface area contributed by atoms with E-state index < -0.39 is 22.4 Å². The molecule has 1 heterocycles. The first-order valence-corrected chi connectivity index (χ1v) is 8.71. The van der Waals surface area contributed by atoms with Crippen LogP contribution in [0.4, 0.5) is 5.69 Å². The first-order chi connectivity index (χ1) is 11.7. The fourth-order valence-corrected chi connectivity index (χ4v) is 3.27. The van der Waals surface area contributed by atoms with Crippen molar-refractivity contribution in [1.82, 2.24) is 9.36 Å². The molecule has 2 atom stereocenters.